The first-order chi connectivity index (χ1) is 35.3. The first-order valence-electron chi connectivity index (χ1n) is 23.6. The Kier molecular flexibility index (Phi) is 12.2. The number of alkyl halides is 3. The van der Waals surface area contributed by atoms with Gasteiger partial charge in [-0.25, -0.2) is 9.67 Å². The van der Waals surface area contributed by atoms with Crippen molar-refractivity contribution in [3.63, 3.8) is 0 Å². The molecule has 0 saturated heterocycles. The lowest BCUT2D eigenvalue weighted by Crippen LogP contribution is -2.39. The third-order valence-electron chi connectivity index (χ3n) is 13.1. The summed E-state index contributed by atoms with van der Waals surface area (Å²) in [6.45, 7) is 0.458. The number of nitrogens with one attached hydrogen (secondary N) is 1. The maximum absolute atomic E-state index is 12.8. The molecule has 0 aliphatic rings. The first kappa shape index (κ1) is 45.4. The zero-order chi connectivity index (χ0) is 49.0. The van der Waals surface area contributed by atoms with E-state index >= 15 is 0 Å². The van der Waals surface area contributed by atoms with Crippen molar-refractivity contribution in [3.8, 4) is 16.9 Å². The number of rotatable bonds is 15. The number of hydrogen-bond donors (Lipinski definition) is 1. The van der Waals surface area contributed by atoms with Crippen LogP contribution < -0.4 is 10.1 Å². The lowest BCUT2D eigenvalue weighted by Gasteiger charge is -2.38. The normalized spacial score (nSPS) is 11.9. The largest absolute Gasteiger partial charge is 0.573 e. The minimum Gasteiger partial charge on any atom is -0.406 e. The Morgan fingerprint density at radius 3 is 1.50 bits per heavy atom. The van der Waals surface area contributed by atoms with E-state index < -0.39 is 17.4 Å². The molecule has 0 unspecified atom stereocenters. The number of aromatic nitrogens is 6. The second kappa shape index (κ2) is 19.4. The van der Waals surface area contributed by atoms with Crippen molar-refractivity contribution < 1.29 is 17.9 Å². The fourth-order valence-electron chi connectivity index (χ4n) is 9.96. The molecule has 72 heavy (non-hydrogen) atoms. The van der Waals surface area contributed by atoms with Gasteiger partial charge < -0.3 is 10.1 Å². The van der Waals surface area contributed by atoms with Gasteiger partial charge in [0, 0.05) is 12.6 Å². The van der Waals surface area contributed by atoms with Crippen LogP contribution in [0.5, 0.6) is 5.75 Å². The zero-order valence-electron chi connectivity index (χ0n) is 38.8. The molecule has 11 aromatic rings. The summed E-state index contributed by atoms with van der Waals surface area (Å²) in [6.07, 6.45) is -0.409. The number of halogens is 3. The van der Waals surface area contributed by atoms with Crippen molar-refractivity contribution in [3.05, 3.63) is 299 Å². The minimum atomic E-state index is -4.76. The van der Waals surface area contributed by atoms with Gasteiger partial charge >= 0.3 is 6.36 Å². The van der Waals surface area contributed by atoms with Crippen molar-refractivity contribution >= 4 is 17.0 Å². The second-order valence-electron chi connectivity index (χ2n) is 17.6. The van der Waals surface area contributed by atoms with Crippen LogP contribution in [0.3, 0.4) is 0 Å². The van der Waals surface area contributed by atoms with Crippen molar-refractivity contribution in [1.29, 1.82) is 0 Å². The molecule has 0 saturated carbocycles. The topological polar surface area (TPSA) is 82.7 Å². The van der Waals surface area contributed by atoms with Gasteiger partial charge in [0.2, 0.25) is 0 Å². The fraction of sp³-hybridized carbons (Fsp3) is 0.0820. The number of hydrogen-bond acceptors (Lipinski definition) is 6. The summed E-state index contributed by atoms with van der Waals surface area (Å²) in [4.78, 5) is 5.60. The van der Waals surface area contributed by atoms with Crippen LogP contribution in [0.1, 0.15) is 50.1 Å². The summed E-state index contributed by atoms with van der Waals surface area (Å²) in [5, 5.41) is 19.0. The van der Waals surface area contributed by atoms with Gasteiger partial charge in [0.05, 0.1) is 12.7 Å². The summed E-state index contributed by atoms with van der Waals surface area (Å²) >= 11 is 0. The van der Waals surface area contributed by atoms with Crippen LogP contribution in [0.25, 0.3) is 22.3 Å². The molecular formula is C61H46F3N7O. The molecule has 0 atom stereocenters. The highest BCUT2D eigenvalue weighted by Gasteiger charge is 2.42. The average Bonchev–Trinajstić information content (AvgIpc) is 4.06. The Hall–Kier alpha value is -9.09. The molecule has 0 fully saturated rings. The molecule has 0 aliphatic heterocycles. The summed E-state index contributed by atoms with van der Waals surface area (Å²) < 4.78 is 46.5. The Bertz CT molecular complexity index is 3360. The highest BCUT2D eigenvalue weighted by molar-refractivity contribution is 5.79. The number of nitrogens with zero attached hydrogens (tertiary/aromatic N) is 6. The summed E-state index contributed by atoms with van der Waals surface area (Å²) in [7, 11) is 0. The SMILES string of the molecule is FC(F)(F)Oc1ccc(-c2cccc(Cn3cc(Cc4cc(NC(c5ccccc5)(c5ccccc5)c5ccccc5)nc5c4nnn5C(c4ccccc4)(c4ccccc4)c4ccccc4)cn3)c2)cc1. The quantitative estimate of drug-likeness (QED) is 0.103. The highest BCUT2D eigenvalue weighted by atomic mass is 19.4. The van der Waals surface area contributed by atoms with E-state index in [2.05, 4.69) is 162 Å². The van der Waals surface area contributed by atoms with Gasteiger partial charge in [0.15, 0.2) is 5.65 Å². The van der Waals surface area contributed by atoms with Gasteiger partial charge in [-0.3, -0.25) is 4.68 Å². The van der Waals surface area contributed by atoms with Crippen LogP contribution >= 0.6 is 0 Å². The Morgan fingerprint density at radius 2 is 1.00 bits per heavy atom. The van der Waals surface area contributed by atoms with E-state index in [0.29, 0.717) is 29.9 Å². The third kappa shape index (κ3) is 8.88. The Morgan fingerprint density at radius 1 is 0.500 bits per heavy atom. The molecule has 0 amide bonds. The molecule has 1 N–H and O–H groups in total. The first-order valence-corrected chi connectivity index (χ1v) is 23.6. The van der Waals surface area contributed by atoms with Gasteiger partial charge in [0.25, 0.3) is 0 Å². The van der Waals surface area contributed by atoms with Gasteiger partial charge in [-0.15, -0.1) is 18.3 Å². The maximum atomic E-state index is 12.8. The van der Waals surface area contributed by atoms with Crippen LogP contribution in [-0.2, 0) is 24.0 Å². The molecule has 11 heteroatoms. The standard InChI is InChI=1S/C61H46F3N7O/c62-61(63,64)72-55-36-34-46(35-37-55)47-21-19-20-44(38-47)42-70-43-45(41-65-70)39-48-40-56(67-59(49-22-7-1-8-23-49,50-24-9-2-10-25-50)51-26-11-3-12-27-51)66-58-57(48)68-69-71(58)60(52-28-13-4-14-29-52,53-30-15-5-16-31-53)54-32-17-6-18-33-54/h1-38,40-41,43H,39,42H2,(H,66,67). The summed E-state index contributed by atoms with van der Waals surface area (Å²) in [5.41, 5.74) is 9.80. The monoisotopic (exact) mass is 949 g/mol. The predicted molar refractivity (Wildman–Crippen MR) is 275 cm³/mol. The summed E-state index contributed by atoms with van der Waals surface area (Å²) in [5.74, 6) is 0.345. The van der Waals surface area contributed by atoms with Crippen LogP contribution in [0, 0.1) is 0 Å². The molecule has 352 valence electrons. The maximum Gasteiger partial charge on any atom is 0.573 e. The highest BCUT2D eigenvalue weighted by Crippen LogP contribution is 2.44. The van der Waals surface area contributed by atoms with Gasteiger partial charge in [0.1, 0.15) is 28.2 Å². The molecule has 3 heterocycles. The van der Waals surface area contributed by atoms with Crippen LogP contribution in [0.4, 0.5) is 19.0 Å². The van der Waals surface area contributed by atoms with Crippen molar-refractivity contribution in [2.24, 2.45) is 0 Å². The molecule has 3 aromatic heterocycles. The summed E-state index contributed by atoms with van der Waals surface area (Å²) in [6, 6.07) is 78.4. The van der Waals surface area contributed by atoms with Crippen LogP contribution in [0.15, 0.2) is 249 Å². The smallest absolute Gasteiger partial charge is 0.406 e. The van der Waals surface area contributed by atoms with E-state index in [1.54, 1.807) is 12.1 Å². The van der Waals surface area contributed by atoms with Crippen LogP contribution in [-0.4, -0.2) is 36.1 Å². The van der Waals surface area contributed by atoms with E-state index in [-0.39, 0.29) is 5.75 Å². The van der Waals surface area contributed by atoms with Crippen molar-refractivity contribution in [1.82, 2.24) is 29.8 Å². The third-order valence-corrected chi connectivity index (χ3v) is 13.1. The van der Waals surface area contributed by atoms with E-state index in [1.165, 1.54) is 12.1 Å². The lowest BCUT2D eigenvalue weighted by atomic mass is 9.77. The number of anilines is 1. The second-order valence-corrected chi connectivity index (χ2v) is 17.6. The molecule has 0 spiro atoms. The van der Waals surface area contributed by atoms with E-state index in [9.17, 15) is 13.2 Å². The molecular weight excluding hydrogens is 904 g/mol. The molecule has 0 radical (unpaired) electrons. The molecule has 8 nitrogen and oxygen atoms in total. The van der Waals surface area contributed by atoms with Crippen LogP contribution in [0.2, 0.25) is 0 Å². The van der Waals surface area contributed by atoms with E-state index in [4.69, 9.17) is 20.4 Å². The van der Waals surface area contributed by atoms with E-state index in [0.717, 1.165) is 61.2 Å². The van der Waals surface area contributed by atoms with Gasteiger partial charge in [-0.1, -0.05) is 218 Å². The molecule has 11 rings (SSSR count). The van der Waals surface area contributed by atoms with E-state index in [1.807, 2.05) is 82.4 Å². The zero-order valence-corrected chi connectivity index (χ0v) is 38.8. The Labute approximate surface area is 414 Å². The lowest BCUT2D eigenvalue weighted by molar-refractivity contribution is -0.274. The average molecular weight is 950 g/mol. The molecule has 0 bridgehead atoms. The number of benzene rings is 8. The fourth-order valence-corrected chi connectivity index (χ4v) is 9.96. The van der Waals surface area contributed by atoms with Crippen molar-refractivity contribution in [2.75, 3.05) is 5.32 Å². The number of pyridine rings is 1. The number of ether oxygens (including phenoxy) is 1. The van der Waals surface area contributed by atoms with Gasteiger partial charge in [-0.05, 0) is 85.5 Å². The minimum absolute atomic E-state index is 0.269. The molecule has 0 aliphatic carbocycles. The number of fused-ring (bicyclic) bond motifs is 1. The van der Waals surface area contributed by atoms with Gasteiger partial charge in [-0.2, -0.15) is 5.10 Å². The van der Waals surface area contributed by atoms with Crippen molar-refractivity contribution in [2.45, 2.75) is 30.4 Å². The Balaban J connectivity index is 1.06. The predicted octanol–water partition coefficient (Wildman–Crippen LogP) is 13.5. The molecule has 8 aromatic carbocycles.